The molecule has 2 N–H and O–H groups in total. The molecule has 2 amide bonds. The summed E-state index contributed by atoms with van der Waals surface area (Å²) in [7, 11) is 0. The minimum absolute atomic E-state index is 0.177. The molecule has 0 saturated heterocycles. The number of benzene rings is 1. The summed E-state index contributed by atoms with van der Waals surface area (Å²) in [6, 6.07) is 6.17. The molecule has 23 heavy (non-hydrogen) atoms. The summed E-state index contributed by atoms with van der Waals surface area (Å²) < 4.78 is 2.75. The summed E-state index contributed by atoms with van der Waals surface area (Å²) in [5.74, 6) is 0. The zero-order chi connectivity index (χ0) is 16.4. The molecule has 0 fully saturated rings. The molecule has 0 atom stereocenters. The van der Waals surface area contributed by atoms with Gasteiger partial charge in [-0.2, -0.15) is 0 Å². The van der Waals surface area contributed by atoms with Gasteiger partial charge < -0.3 is 5.32 Å². The largest absolute Gasteiger partial charge is 0.329 e. The zero-order valence-corrected chi connectivity index (χ0v) is 14.5. The first-order valence-corrected chi connectivity index (χ1v) is 9.01. The van der Waals surface area contributed by atoms with Crippen LogP contribution in [0.5, 0.6) is 0 Å². The summed E-state index contributed by atoms with van der Waals surface area (Å²) in [4.78, 5) is 16.4. The van der Waals surface area contributed by atoms with Gasteiger partial charge in [-0.15, -0.1) is 0 Å². The van der Waals surface area contributed by atoms with Crippen LogP contribution < -0.4 is 10.0 Å². The van der Waals surface area contributed by atoms with Gasteiger partial charge in [-0.1, -0.05) is 18.0 Å². The van der Waals surface area contributed by atoms with Crippen molar-refractivity contribution in [2.75, 3.05) is 11.6 Å². The van der Waals surface area contributed by atoms with Crippen LogP contribution in [0.1, 0.15) is 28.8 Å². The van der Waals surface area contributed by atoms with Crippen LogP contribution in [0.25, 0.3) is 11.1 Å². The Morgan fingerprint density at radius 2 is 2.09 bits per heavy atom. The van der Waals surface area contributed by atoms with Crippen molar-refractivity contribution in [3.05, 3.63) is 46.8 Å². The van der Waals surface area contributed by atoms with Crippen LogP contribution in [-0.4, -0.2) is 17.3 Å². The van der Waals surface area contributed by atoms with Gasteiger partial charge in [0.2, 0.25) is 0 Å². The lowest BCUT2D eigenvalue weighted by Crippen LogP contribution is -2.23. The van der Waals surface area contributed by atoms with Gasteiger partial charge in [-0.3, -0.25) is 9.71 Å². The number of aryl methyl sites for hydroxylation is 3. The fourth-order valence-corrected chi connectivity index (χ4v) is 3.57. The number of pyridine rings is 1. The number of fused-ring (bicyclic) bond motifs is 1. The maximum absolute atomic E-state index is 12.1. The standard InChI is InChI=1S/C18H21N3OS/c1-11-9-13-5-4-6-15(13)17(20-18(22)21-23-3)16(11)14-7-8-19-12(2)10-14/h7-10H,4-6H2,1-3H3,(H2,20,21,22). The van der Waals surface area contributed by atoms with E-state index in [4.69, 9.17) is 0 Å². The molecule has 4 nitrogen and oxygen atoms in total. The molecule has 1 aromatic carbocycles. The summed E-state index contributed by atoms with van der Waals surface area (Å²) in [5, 5.41) is 3.08. The van der Waals surface area contributed by atoms with Crippen LogP contribution in [-0.2, 0) is 12.8 Å². The highest BCUT2D eigenvalue weighted by atomic mass is 32.2. The Kier molecular flexibility index (Phi) is 4.57. The second-order valence-corrected chi connectivity index (χ2v) is 6.49. The Morgan fingerprint density at radius 1 is 1.26 bits per heavy atom. The second-order valence-electron chi connectivity index (χ2n) is 5.88. The third kappa shape index (κ3) is 3.20. The van der Waals surface area contributed by atoms with Crippen LogP contribution in [0.3, 0.4) is 0 Å². The lowest BCUT2D eigenvalue weighted by molar-refractivity contribution is 0.257. The van der Waals surface area contributed by atoms with E-state index in [2.05, 4.69) is 34.1 Å². The molecular formula is C18H21N3OS. The first-order chi connectivity index (χ1) is 11.1. The van der Waals surface area contributed by atoms with Crippen molar-refractivity contribution < 1.29 is 4.79 Å². The molecule has 120 valence electrons. The number of nitrogens with one attached hydrogen (secondary N) is 2. The molecule has 0 saturated carbocycles. The first kappa shape index (κ1) is 15.9. The summed E-state index contributed by atoms with van der Waals surface area (Å²) >= 11 is 1.30. The Bertz CT molecular complexity index is 758. The van der Waals surface area contributed by atoms with Gasteiger partial charge in [0.05, 0.1) is 5.69 Å². The number of anilines is 1. The van der Waals surface area contributed by atoms with E-state index in [9.17, 15) is 4.79 Å². The SMILES string of the molecule is CSNC(=O)Nc1c2c(cc(C)c1-c1ccnc(C)c1)CCC2. The van der Waals surface area contributed by atoms with E-state index in [1.165, 1.54) is 28.6 Å². The van der Waals surface area contributed by atoms with E-state index in [0.29, 0.717) is 0 Å². The fraction of sp³-hybridized carbons (Fsp3) is 0.333. The number of urea groups is 1. The molecule has 1 aromatic heterocycles. The average Bonchev–Trinajstić information content (AvgIpc) is 2.95. The van der Waals surface area contributed by atoms with Crippen molar-refractivity contribution in [3.63, 3.8) is 0 Å². The lowest BCUT2D eigenvalue weighted by Gasteiger charge is -2.19. The quantitative estimate of drug-likeness (QED) is 0.829. The monoisotopic (exact) mass is 327 g/mol. The van der Waals surface area contributed by atoms with Gasteiger partial charge in [-0.05, 0) is 67.5 Å². The normalized spacial score (nSPS) is 12.8. The molecule has 3 rings (SSSR count). The van der Waals surface area contributed by atoms with Crippen molar-refractivity contribution >= 4 is 23.7 Å². The number of carbonyl (C=O) groups excluding carboxylic acids is 1. The second kappa shape index (κ2) is 6.62. The number of rotatable bonds is 3. The number of nitrogens with zero attached hydrogens (tertiary/aromatic N) is 1. The third-order valence-corrected chi connectivity index (χ3v) is 4.61. The number of aromatic nitrogens is 1. The average molecular weight is 327 g/mol. The van der Waals surface area contributed by atoms with Gasteiger partial charge in [0, 0.05) is 23.7 Å². The molecule has 0 aliphatic heterocycles. The van der Waals surface area contributed by atoms with Gasteiger partial charge in [0.1, 0.15) is 0 Å². The number of amides is 2. The minimum atomic E-state index is -0.177. The Morgan fingerprint density at radius 3 is 2.83 bits per heavy atom. The lowest BCUT2D eigenvalue weighted by atomic mass is 9.93. The van der Waals surface area contributed by atoms with E-state index >= 15 is 0 Å². The third-order valence-electron chi connectivity index (χ3n) is 4.22. The van der Waals surface area contributed by atoms with E-state index < -0.39 is 0 Å². The highest BCUT2D eigenvalue weighted by Gasteiger charge is 2.22. The van der Waals surface area contributed by atoms with Gasteiger partial charge in [0.15, 0.2) is 0 Å². The van der Waals surface area contributed by atoms with Crippen LogP contribution in [0.4, 0.5) is 10.5 Å². The molecular weight excluding hydrogens is 306 g/mol. The number of hydrogen-bond donors (Lipinski definition) is 2. The molecule has 1 heterocycles. The zero-order valence-electron chi connectivity index (χ0n) is 13.7. The molecule has 0 bridgehead atoms. The summed E-state index contributed by atoms with van der Waals surface area (Å²) in [5.41, 5.74) is 7.96. The number of carbonyl (C=O) groups is 1. The van der Waals surface area contributed by atoms with Crippen molar-refractivity contribution in [2.24, 2.45) is 0 Å². The van der Waals surface area contributed by atoms with E-state index in [0.717, 1.165) is 41.8 Å². The van der Waals surface area contributed by atoms with E-state index in [-0.39, 0.29) is 6.03 Å². The van der Waals surface area contributed by atoms with Crippen LogP contribution in [0.2, 0.25) is 0 Å². The van der Waals surface area contributed by atoms with E-state index in [1.807, 2.05) is 25.4 Å². The van der Waals surface area contributed by atoms with Crippen molar-refractivity contribution in [3.8, 4) is 11.1 Å². The van der Waals surface area contributed by atoms with Crippen LogP contribution in [0.15, 0.2) is 24.4 Å². The molecule has 1 aliphatic carbocycles. The smallest absolute Gasteiger partial charge is 0.306 e. The maximum atomic E-state index is 12.1. The molecule has 5 heteroatoms. The highest BCUT2D eigenvalue weighted by molar-refractivity contribution is 7.97. The Hall–Kier alpha value is -2.01. The minimum Gasteiger partial charge on any atom is -0.306 e. The van der Waals surface area contributed by atoms with Crippen LogP contribution in [0, 0.1) is 13.8 Å². The van der Waals surface area contributed by atoms with Gasteiger partial charge >= 0.3 is 6.03 Å². The highest BCUT2D eigenvalue weighted by Crippen LogP contribution is 2.40. The summed E-state index contributed by atoms with van der Waals surface area (Å²) in [6.45, 7) is 4.10. The Balaban J connectivity index is 2.15. The topological polar surface area (TPSA) is 54.0 Å². The predicted octanol–water partition coefficient (Wildman–Crippen LogP) is 4.25. The maximum Gasteiger partial charge on any atom is 0.329 e. The van der Waals surface area contributed by atoms with Crippen molar-refractivity contribution in [2.45, 2.75) is 33.1 Å². The first-order valence-electron chi connectivity index (χ1n) is 7.78. The molecule has 0 spiro atoms. The Labute approximate surface area is 141 Å². The molecule has 0 radical (unpaired) electrons. The summed E-state index contributed by atoms with van der Waals surface area (Å²) in [6.07, 6.45) is 6.91. The molecule has 2 aromatic rings. The van der Waals surface area contributed by atoms with Crippen LogP contribution >= 0.6 is 11.9 Å². The predicted molar refractivity (Wildman–Crippen MR) is 96.8 cm³/mol. The van der Waals surface area contributed by atoms with Crippen molar-refractivity contribution in [1.29, 1.82) is 0 Å². The molecule has 1 aliphatic rings. The van der Waals surface area contributed by atoms with E-state index in [1.54, 1.807) is 0 Å². The number of hydrogen-bond acceptors (Lipinski definition) is 3. The molecule has 0 unspecified atom stereocenters. The van der Waals surface area contributed by atoms with Gasteiger partial charge in [-0.25, -0.2) is 4.79 Å². The van der Waals surface area contributed by atoms with Crippen molar-refractivity contribution in [1.82, 2.24) is 9.71 Å². The van der Waals surface area contributed by atoms with Gasteiger partial charge in [0.25, 0.3) is 0 Å². The fourth-order valence-electron chi connectivity index (χ4n) is 3.34.